The third kappa shape index (κ3) is 4.16. The Morgan fingerprint density at radius 3 is 1.91 bits per heavy atom. The van der Waals surface area contributed by atoms with E-state index in [4.69, 9.17) is 5.11 Å². The molecule has 0 bridgehead atoms. The number of carbonyl (C=O) groups is 1. The number of carboxylic acid groups (broad SMARTS) is 1. The van der Waals surface area contributed by atoms with Crippen molar-refractivity contribution >= 4 is 35.5 Å². The molecule has 55 valence electrons. The minimum Gasteiger partial charge on any atom is -0.478 e. The van der Waals surface area contributed by atoms with Gasteiger partial charge in [0.05, 0.1) is 5.56 Å². The van der Waals surface area contributed by atoms with Crippen LogP contribution < -0.4 is 6.15 Å². The van der Waals surface area contributed by atoms with Crippen molar-refractivity contribution in [1.29, 1.82) is 0 Å². The normalized spacial score (nSPS) is 7.27. The minimum atomic E-state index is -0.879. The van der Waals surface area contributed by atoms with Gasteiger partial charge in [-0.25, -0.2) is 4.79 Å². The van der Waals surface area contributed by atoms with Crippen molar-refractivity contribution in [3.63, 3.8) is 0 Å². The van der Waals surface area contributed by atoms with Gasteiger partial charge in [-0.05, 0) is 12.1 Å². The van der Waals surface area contributed by atoms with E-state index in [1.54, 1.807) is 30.3 Å². The van der Waals surface area contributed by atoms with Crippen molar-refractivity contribution in [2.45, 2.75) is 0 Å². The van der Waals surface area contributed by atoms with Crippen LogP contribution in [0.3, 0.4) is 0 Å². The van der Waals surface area contributed by atoms with Gasteiger partial charge >= 0.3 is 5.97 Å². The van der Waals surface area contributed by atoms with Gasteiger partial charge in [-0.2, -0.15) is 0 Å². The average Bonchev–Trinajstić information content (AvgIpc) is 1.90. The predicted molar refractivity (Wildman–Crippen MR) is 44.2 cm³/mol. The van der Waals surface area contributed by atoms with E-state index in [0.717, 1.165) is 0 Å². The second-order valence-electron chi connectivity index (χ2n) is 1.67. The predicted octanol–water partition coefficient (Wildman–Crippen LogP) is 1.17. The minimum absolute atomic E-state index is 0. The van der Waals surface area contributed by atoms with E-state index in [0.29, 0.717) is 5.56 Å². The largest absolute Gasteiger partial charge is 0.478 e. The molecule has 4 N–H and O–H groups in total. The van der Waals surface area contributed by atoms with Crippen molar-refractivity contribution in [2.24, 2.45) is 0 Å². The molecular weight excluding hydrogens is 153 g/mol. The molecule has 0 aliphatic rings. The average molecular weight is 162 g/mol. The zero-order valence-corrected chi connectivity index (χ0v) is 8.45. The second kappa shape index (κ2) is 6.37. The summed E-state index contributed by atoms with van der Waals surface area (Å²) in [6.45, 7) is 0. The molecule has 0 aromatic heterocycles. The molecule has 4 heteroatoms. The number of benzene rings is 1. The van der Waals surface area contributed by atoms with Crippen molar-refractivity contribution in [3.8, 4) is 0 Å². The molecule has 0 saturated carbocycles. The van der Waals surface area contributed by atoms with Crippen LogP contribution in [0.5, 0.6) is 0 Å². The van der Waals surface area contributed by atoms with Crippen molar-refractivity contribution in [3.05, 3.63) is 35.9 Å². The van der Waals surface area contributed by atoms with Crippen LogP contribution in [-0.4, -0.2) is 40.6 Å². The van der Waals surface area contributed by atoms with Gasteiger partial charge in [0.15, 0.2) is 0 Å². The van der Waals surface area contributed by atoms with Crippen LogP contribution in [0.15, 0.2) is 30.3 Å². The summed E-state index contributed by atoms with van der Waals surface area (Å²) in [5.74, 6) is -0.879. The number of rotatable bonds is 1. The van der Waals surface area contributed by atoms with E-state index in [2.05, 4.69) is 0 Å². The number of carboxylic acids is 1. The Labute approximate surface area is 87.3 Å². The van der Waals surface area contributed by atoms with E-state index in [1.165, 1.54) is 0 Å². The molecule has 3 nitrogen and oxygen atoms in total. The van der Waals surface area contributed by atoms with E-state index < -0.39 is 5.97 Å². The SMILES string of the molecule is N.O=C(O)c1ccccc1.[Na]. The van der Waals surface area contributed by atoms with E-state index in [9.17, 15) is 4.79 Å². The maximum absolute atomic E-state index is 10.2. The van der Waals surface area contributed by atoms with Crippen molar-refractivity contribution in [1.82, 2.24) is 6.15 Å². The first-order valence-electron chi connectivity index (χ1n) is 2.59. The summed E-state index contributed by atoms with van der Waals surface area (Å²) in [5.41, 5.74) is 0.331. The number of aromatic carboxylic acids is 1. The first-order valence-corrected chi connectivity index (χ1v) is 2.59. The molecular formula is C7H9NNaO2. The van der Waals surface area contributed by atoms with Crippen LogP contribution in [0.2, 0.25) is 0 Å². The van der Waals surface area contributed by atoms with Crippen LogP contribution in [0.1, 0.15) is 10.4 Å². The van der Waals surface area contributed by atoms with Gasteiger partial charge < -0.3 is 11.3 Å². The van der Waals surface area contributed by atoms with Gasteiger partial charge in [0.1, 0.15) is 0 Å². The quantitative estimate of drug-likeness (QED) is 0.608. The molecule has 0 heterocycles. The Balaban J connectivity index is 0. The fourth-order valence-corrected chi connectivity index (χ4v) is 0.581. The molecule has 0 aliphatic carbocycles. The Bertz CT molecular complexity index is 213. The van der Waals surface area contributed by atoms with E-state index >= 15 is 0 Å². The Morgan fingerprint density at radius 2 is 1.64 bits per heavy atom. The summed E-state index contributed by atoms with van der Waals surface area (Å²) in [6.07, 6.45) is 0. The molecule has 11 heavy (non-hydrogen) atoms. The molecule has 0 unspecified atom stereocenters. The summed E-state index contributed by atoms with van der Waals surface area (Å²) in [6, 6.07) is 8.30. The summed E-state index contributed by atoms with van der Waals surface area (Å²) in [5, 5.41) is 8.38. The Kier molecular flexibility index (Phi) is 7.67. The third-order valence-corrected chi connectivity index (χ3v) is 1.02. The van der Waals surface area contributed by atoms with Crippen LogP contribution >= 0.6 is 0 Å². The molecule has 0 fully saturated rings. The standard InChI is InChI=1S/C7H6O2.H3N.Na/c8-7(9)6-4-2-1-3-5-6;;/h1-5H,(H,8,9);1H3;. The molecule has 1 radical (unpaired) electrons. The summed E-state index contributed by atoms with van der Waals surface area (Å²) in [7, 11) is 0. The maximum Gasteiger partial charge on any atom is 0.335 e. The first kappa shape index (κ1) is 13.3. The molecule has 0 amide bonds. The molecule has 0 atom stereocenters. The van der Waals surface area contributed by atoms with E-state index in [-0.39, 0.29) is 35.7 Å². The van der Waals surface area contributed by atoms with Gasteiger partial charge in [-0.3, -0.25) is 0 Å². The molecule has 0 spiro atoms. The summed E-state index contributed by atoms with van der Waals surface area (Å²) < 4.78 is 0. The molecule has 1 aromatic rings. The smallest absolute Gasteiger partial charge is 0.335 e. The first-order chi connectivity index (χ1) is 4.30. The monoisotopic (exact) mass is 162 g/mol. The summed E-state index contributed by atoms with van der Waals surface area (Å²) in [4.78, 5) is 10.2. The zero-order chi connectivity index (χ0) is 6.69. The Hall–Kier alpha value is -0.350. The van der Waals surface area contributed by atoms with Crippen molar-refractivity contribution < 1.29 is 9.90 Å². The molecule has 1 rings (SSSR count). The number of hydrogen-bond donors (Lipinski definition) is 2. The van der Waals surface area contributed by atoms with Gasteiger partial charge in [0.2, 0.25) is 0 Å². The van der Waals surface area contributed by atoms with Crippen LogP contribution in [0.25, 0.3) is 0 Å². The van der Waals surface area contributed by atoms with E-state index in [1.807, 2.05) is 0 Å². The van der Waals surface area contributed by atoms with Gasteiger partial charge in [-0.15, -0.1) is 0 Å². The second-order valence-corrected chi connectivity index (χ2v) is 1.67. The van der Waals surface area contributed by atoms with Crippen molar-refractivity contribution in [2.75, 3.05) is 0 Å². The fourth-order valence-electron chi connectivity index (χ4n) is 0.581. The van der Waals surface area contributed by atoms with Gasteiger partial charge in [0.25, 0.3) is 0 Å². The maximum atomic E-state index is 10.2. The zero-order valence-electron chi connectivity index (χ0n) is 6.45. The van der Waals surface area contributed by atoms with Crippen LogP contribution in [0, 0.1) is 0 Å². The van der Waals surface area contributed by atoms with Gasteiger partial charge in [-0.1, -0.05) is 18.2 Å². The number of hydrogen-bond acceptors (Lipinski definition) is 2. The Morgan fingerprint density at radius 1 is 1.18 bits per heavy atom. The van der Waals surface area contributed by atoms with Crippen LogP contribution in [-0.2, 0) is 0 Å². The molecule has 1 aromatic carbocycles. The topological polar surface area (TPSA) is 72.3 Å². The van der Waals surface area contributed by atoms with Crippen LogP contribution in [0.4, 0.5) is 0 Å². The fraction of sp³-hybridized carbons (Fsp3) is 0. The molecule has 0 aliphatic heterocycles. The third-order valence-electron chi connectivity index (χ3n) is 1.02. The molecule has 0 saturated heterocycles. The summed E-state index contributed by atoms with van der Waals surface area (Å²) >= 11 is 0. The van der Waals surface area contributed by atoms with Gasteiger partial charge in [0, 0.05) is 29.6 Å².